The van der Waals surface area contributed by atoms with Gasteiger partial charge in [-0.15, -0.1) is 5.06 Å². The van der Waals surface area contributed by atoms with Crippen molar-refractivity contribution in [2.45, 2.75) is 99.0 Å². The van der Waals surface area contributed by atoms with Crippen LogP contribution in [0.15, 0.2) is 0 Å². The first-order valence-corrected chi connectivity index (χ1v) is 12.5. The van der Waals surface area contributed by atoms with E-state index in [0.29, 0.717) is 5.06 Å². The molecule has 0 aliphatic carbocycles. The van der Waals surface area contributed by atoms with E-state index in [0.717, 1.165) is 0 Å². The van der Waals surface area contributed by atoms with Crippen LogP contribution >= 0.6 is 7.60 Å². The molecule has 0 spiro atoms. The van der Waals surface area contributed by atoms with Gasteiger partial charge in [-0.3, -0.25) is 19.0 Å². The number of hydrogen-bond acceptors (Lipinski definition) is 9. The van der Waals surface area contributed by atoms with Gasteiger partial charge in [-0.2, -0.15) is 5.06 Å². The van der Waals surface area contributed by atoms with Gasteiger partial charge in [0, 0.05) is 18.4 Å². The van der Waals surface area contributed by atoms with E-state index in [2.05, 4.69) is 0 Å². The van der Waals surface area contributed by atoms with Crippen LogP contribution in [0.1, 0.15) is 82.1 Å². The van der Waals surface area contributed by atoms with Gasteiger partial charge in [0.1, 0.15) is 5.78 Å². The van der Waals surface area contributed by atoms with Crippen LogP contribution in [-0.2, 0) is 37.7 Å². The summed E-state index contributed by atoms with van der Waals surface area (Å²) in [6.45, 7) is 17.8. The summed E-state index contributed by atoms with van der Waals surface area (Å²) in [4.78, 5) is 47.8. The average molecular weight is 479 g/mol. The Bertz CT molecular complexity index is 728. The zero-order valence-corrected chi connectivity index (χ0v) is 21.9. The molecule has 1 aliphatic rings. The zero-order valence-electron chi connectivity index (χ0n) is 21.0. The minimum absolute atomic E-state index is 0.0144. The minimum atomic E-state index is -3.74. The Balaban J connectivity index is 3.37. The summed E-state index contributed by atoms with van der Waals surface area (Å²) in [5.74, 6) is -3.00. The lowest BCUT2D eigenvalue weighted by molar-refractivity contribution is -0.298. The van der Waals surface area contributed by atoms with E-state index in [4.69, 9.17) is 18.7 Å². The predicted molar refractivity (Wildman–Crippen MR) is 118 cm³/mol. The van der Waals surface area contributed by atoms with Crippen LogP contribution in [0, 0.1) is 5.41 Å². The summed E-state index contributed by atoms with van der Waals surface area (Å²) >= 11 is 0. The molecular formula is C21H39N2O8P. The summed E-state index contributed by atoms with van der Waals surface area (Å²) in [5, 5.41) is 1.93. The number of carbonyl (C=O) groups is 3. The molecule has 0 aromatic heterocycles. The highest BCUT2D eigenvalue weighted by molar-refractivity contribution is 7.54. The van der Waals surface area contributed by atoms with Crippen LogP contribution in [0.4, 0.5) is 0 Å². The van der Waals surface area contributed by atoms with Crippen molar-refractivity contribution in [1.82, 2.24) is 10.1 Å². The Morgan fingerprint density at radius 2 is 1.41 bits per heavy atom. The van der Waals surface area contributed by atoms with Crippen molar-refractivity contribution in [1.29, 1.82) is 0 Å². The van der Waals surface area contributed by atoms with Gasteiger partial charge in [0.2, 0.25) is 0 Å². The first-order chi connectivity index (χ1) is 14.4. The highest BCUT2D eigenvalue weighted by atomic mass is 31.2. The Morgan fingerprint density at radius 1 is 0.969 bits per heavy atom. The van der Waals surface area contributed by atoms with Crippen LogP contribution in [0.5, 0.6) is 0 Å². The van der Waals surface area contributed by atoms with Crippen molar-refractivity contribution < 1.29 is 37.7 Å². The van der Waals surface area contributed by atoms with Crippen LogP contribution < -0.4 is 0 Å². The fraction of sp³-hybridized carbons (Fsp3) is 0.857. The summed E-state index contributed by atoms with van der Waals surface area (Å²) in [7, 11) is -3.74. The number of amides is 2. The van der Waals surface area contributed by atoms with Crippen LogP contribution in [0.2, 0.25) is 0 Å². The van der Waals surface area contributed by atoms with E-state index in [-0.39, 0.29) is 26.1 Å². The third-order valence-corrected chi connectivity index (χ3v) is 7.39. The third kappa shape index (κ3) is 6.84. The highest BCUT2D eigenvalue weighted by Gasteiger charge is 2.53. The van der Waals surface area contributed by atoms with Crippen molar-refractivity contribution in [3.63, 3.8) is 0 Å². The molecule has 11 heteroatoms. The van der Waals surface area contributed by atoms with Gasteiger partial charge in [-0.05, 0) is 53.9 Å². The number of rotatable bonds is 10. The molecule has 10 nitrogen and oxygen atoms in total. The third-order valence-electron chi connectivity index (χ3n) is 4.57. The molecule has 0 bridgehead atoms. The van der Waals surface area contributed by atoms with Crippen molar-refractivity contribution in [3.8, 4) is 0 Å². The number of imide groups is 1. The van der Waals surface area contributed by atoms with E-state index in [1.165, 1.54) is 18.9 Å². The van der Waals surface area contributed by atoms with E-state index < -0.39 is 47.7 Å². The van der Waals surface area contributed by atoms with E-state index in [1.807, 2.05) is 41.5 Å². The number of hydrogen-bond donors (Lipinski definition) is 0. The summed E-state index contributed by atoms with van der Waals surface area (Å²) in [6, 6.07) is 0. The Kier molecular flexibility index (Phi) is 9.24. The maximum Gasteiger partial charge on any atom is 0.366 e. The van der Waals surface area contributed by atoms with Gasteiger partial charge < -0.3 is 13.9 Å². The lowest BCUT2D eigenvalue weighted by Gasteiger charge is -2.49. The van der Waals surface area contributed by atoms with Gasteiger partial charge in [0.15, 0.2) is 5.60 Å². The molecule has 0 N–H and O–H groups in total. The lowest BCUT2D eigenvalue weighted by Crippen LogP contribution is -2.58. The number of hydroxylamine groups is 4. The largest absolute Gasteiger partial charge is 0.366 e. The molecule has 0 aromatic carbocycles. The Hall–Kier alpha value is -1.32. The minimum Gasteiger partial charge on any atom is -0.327 e. The molecule has 1 heterocycles. The molecular weight excluding hydrogens is 439 g/mol. The molecule has 32 heavy (non-hydrogen) atoms. The Labute approximate surface area is 191 Å². The molecule has 1 saturated heterocycles. The van der Waals surface area contributed by atoms with E-state index in [1.54, 1.807) is 13.8 Å². The molecule has 0 radical (unpaired) electrons. The molecule has 1 unspecified atom stereocenters. The van der Waals surface area contributed by atoms with Crippen molar-refractivity contribution in [3.05, 3.63) is 0 Å². The molecule has 1 aliphatic heterocycles. The number of nitrogens with zero attached hydrogens (tertiary/aromatic N) is 2. The molecule has 2 amide bonds. The first kappa shape index (κ1) is 28.7. The van der Waals surface area contributed by atoms with Crippen molar-refractivity contribution in [2.24, 2.45) is 5.41 Å². The molecule has 1 atom stereocenters. The summed E-state index contributed by atoms with van der Waals surface area (Å²) in [6.07, 6.45) is -0.0288. The first-order valence-electron chi connectivity index (χ1n) is 10.9. The van der Waals surface area contributed by atoms with Crippen molar-refractivity contribution in [2.75, 3.05) is 13.2 Å². The zero-order chi connectivity index (χ0) is 25.1. The monoisotopic (exact) mass is 478 g/mol. The lowest BCUT2D eigenvalue weighted by atomic mass is 9.94. The maximum atomic E-state index is 13.9. The second-order valence-corrected chi connectivity index (χ2v) is 12.3. The van der Waals surface area contributed by atoms with Gasteiger partial charge in [0.25, 0.3) is 11.8 Å². The quantitative estimate of drug-likeness (QED) is 0.261. The predicted octanol–water partition coefficient (Wildman–Crippen LogP) is 4.04. The topological polar surface area (TPSA) is 112 Å². The molecule has 1 rings (SSSR count). The van der Waals surface area contributed by atoms with Gasteiger partial charge in [0.05, 0.1) is 13.2 Å². The second-order valence-electron chi connectivity index (χ2n) is 10.2. The smallest absolute Gasteiger partial charge is 0.327 e. The number of carbonyl (C=O) groups excluding carboxylic acids is 3. The fourth-order valence-electron chi connectivity index (χ4n) is 3.18. The van der Waals surface area contributed by atoms with Gasteiger partial charge >= 0.3 is 13.6 Å². The van der Waals surface area contributed by atoms with Crippen LogP contribution in [0.3, 0.4) is 0 Å². The van der Waals surface area contributed by atoms with Crippen LogP contribution in [0.25, 0.3) is 0 Å². The SMILES string of the molecule is CCOP(=O)(OCC)C(N(OC(C)(C)C(=O)ON1C(=O)CCC1=O)C(C)(C)C)C(C)(C)C. The highest BCUT2D eigenvalue weighted by Crippen LogP contribution is 2.61. The molecule has 1 fully saturated rings. The normalized spacial score (nSPS) is 17.3. The van der Waals surface area contributed by atoms with Gasteiger partial charge in [-0.25, -0.2) is 4.79 Å². The second kappa shape index (κ2) is 10.3. The molecule has 0 aromatic rings. The summed E-state index contributed by atoms with van der Waals surface area (Å²) < 4.78 is 25.2. The van der Waals surface area contributed by atoms with Crippen LogP contribution in [-0.4, -0.2) is 58.0 Å². The standard InChI is InChI=1S/C21H39N2O8P/c1-11-28-32(27,29-12-2)17(19(3,4)5)23(20(6,7)8)31-21(9,10)18(26)30-22-15(24)13-14-16(22)25/h17H,11-14H2,1-10H3. The van der Waals surface area contributed by atoms with E-state index in [9.17, 15) is 18.9 Å². The maximum absolute atomic E-state index is 13.9. The molecule has 0 saturated carbocycles. The van der Waals surface area contributed by atoms with Crippen molar-refractivity contribution >= 4 is 25.4 Å². The molecule has 186 valence electrons. The van der Waals surface area contributed by atoms with E-state index >= 15 is 0 Å². The fourth-order valence-corrected chi connectivity index (χ4v) is 5.86. The average Bonchev–Trinajstić information content (AvgIpc) is 2.91. The Morgan fingerprint density at radius 3 is 1.75 bits per heavy atom. The van der Waals surface area contributed by atoms with Gasteiger partial charge in [-0.1, -0.05) is 20.8 Å². The summed E-state index contributed by atoms with van der Waals surface area (Å²) in [5.41, 5.74) is -3.05.